The summed E-state index contributed by atoms with van der Waals surface area (Å²) >= 11 is 1.70. The molecule has 3 unspecified atom stereocenters. The molecule has 1 aliphatic rings. The molecule has 1 amide bonds. The summed E-state index contributed by atoms with van der Waals surface area (Å²) in [6.07, 6.45) is 3.93. The first-order valence-corrected chi connectivity index (χ1v) is 8.71. The lowest BCUT2D eigenvalue weighted by Crippen LogP contribution is -2.42. The van der Waals surface area contributed by atoms with Crippen LogP contribution in [0, 0.1) is 0 Å². The second-order valence-electron chi connectivity index (χ2n) is 5.57. The van der Waals surface area contributed by atoms with Gasteiger partial charge < -0.3 is 9.64 Å². The summed E-state index contributed by atoms with van der Waals surface area (Å²) in [6, 6.07) is 4.24. The number of hydrogen-bond acceptors (Lipinski definition) is 4. The molecule has 4 nitrogen and oxygen atoms in total. The van der Waals surface area contributed by atoms with Gasteiger partial charge >= 0.3 is 0 Å². The van der Waals surface area contributed by atoms with Crippen molar-refractivity contribution in [1.29, 1.82) is 0 Å². The molecule has 1 saturated heterocycles. The van der Waals surface area contributed by atoms with Gasteiger partial charge in [-0.25, -0.2) is 0 Å². The smallest absolute Gasteiger partial charge is 0.241 e. The summed E-state index contributed by atoms with van der Waals surface area (Å²) in [4.78, 5) is 16.0. The molecule has 3 atom stereocenters. The monoisotopic (exact) mass is 310 g/mol. The molecule has 1 fully saturated rings. The third-order valence-electron chi connectivity index (χ3n) is 3.95. The molecule has 1 N–H and O–H groups in total. The average molecular weight is 310 g/mol. The molecule has 0 saturated carbocycles. The summed E-state index contributed by atoms with van der Waals surface area (Å²) < 4.78 is 5.36. The van der Waals surface area contributed by atoms with Gasteiger partial charge in [-0.1, -0.05) is 32.8 Å². The number of carbonyl (C=O) groups excluding carboxylic acids is 1. The van der Waals surface area contributed by atoms with Crippen LogP contribution >= 0.6 is 11.3 Å². The SMILES string of the molecule is CCCC1NC(c2cccs2)N(C(CCC)COC)C1=O. The van der Waals surface area contributed by atoms with Gasteiger partial charge in [0.05, 0.1) is 18.7 Å². The molecular formula is C16H26N2O2S. The van der Waals surface area contributed by atoms with Crippen molar-refractivity contribution in [3.05, 3.63) is 22.4 Å². The maximum atomic E-state index is 12.8. The van der Waals surface area contributed by atoms with Crippen LogP contribution in [0.2, 0.25) is 0 Å². The molecular weight excluding hydrogens is 284 g/mol. The Kier molecular flexibility index (Phi) is 6.21. The Hall–Kier alpha value is -0.910. The molecule has 21 heavy (non-hydrogen) atoms. The van der Waals surface area contributed by atoms with Gasteiger partial charge in [0.2, 0.25) is 5.91 Å². The zero-order valence-electron chi connectivity index (χ0n) is 13.2. The van der Waals surface area contributed by atoms with E-state index in [2.05, 4.69) is 30.6 Å². The van der Waals surface area contributed by atoms with Gasteiger partial charge in [0, 0.05) is 12.0 Å². The minimum Gasteiger partial charge on any atom is -0.383 e. The fourth-order valence-corrected chi connectivity index (χ4v) is 3.81. The highest BCUT2D eigenvalue weighted by molar-refractivity contribution is 7.10. The normalized spacial score (nSPS) is 23.8. The molecule has 118 valence electrons. The van der Waals surface area contributed by atoms with Crippen molar-refractivity contribution in [3.63, 3.8) is 0 Å². The van der Waals surface area contributed by atoms with Gasteiger partial charge in [0.15, 0.2) is 0 Å². The largest absolute Gasteiger partial charge is 0.383 e. The Labute approximate surface area is 131 Å². The topological polar surface area (TPSA) is 41.6 Å². The van der Waals surface area contributed by atoms with Crippen LogP contribution in [0.5, 0.6) is 0 Å². The number of thiophene rings is 1. The molecule has 2 heterocycles. The van der Waals surface area contributed by atoms with Crippen LogP contribution in [0.25, 0.3) is 0 Å². The van der Waals surface area contributed by atoms with Crippen LogP contribution in [0.4, 0.5) is 0 Å². The molecule has 0 aliphatic carbocycles. The minimum absolute atomic E-state index is 0.000694. The molecule has 5 heteroatoms. The van der Waals surface area contributed by atoms with Crippen molar-refractivity contribution in [2.24, 2.45) is 0 Å². The Morgan fingerprint density at radius 2 is 2.24 bits per heavy atom. The number of ether oxygens (including phenoxy) is 1. The average Bonchev–Trinajstić information content (AvgIpc) is 3.08. The lowest BCUT2D eigenvalue weighted by Gasteiger charge is -2.31. The first-order valence-electron chi connectivity index (χ1n) is 7.83. The van der Waals surface area contributed by atoms with Crippen LogP contribution in [-0.2, 0) is 9.53 Å². The number of rotatable bonds is 8. The number of carbonyl (C=O) groups is 1. The fourth-order valence-electron chi connectivity index (χ4n) is 3.03. The molecule has 0 aromatic carbocycles. The van der Waals surface area contributed by atoms with Gasteiger partial charge in [-0.2, -0.15) is 0 Å². The van der Waals surface area contributed by atoms with E-state index in [0.717, 1.165) is 25.7 Å². The van der Waals surface area contributed by atoms with Gasteiger partial charge in [-0.15, -0.1) is 11.3 Å². The zero-order chi connectivity index (χ0) is 15.2. The standard InChI is InChI=1S/C16H26N2O2S/c1-4-7-12(11-20-3)18-15(14-9-6-10-21-14)17-13(8-5-2)16(18)19/h6,9-10,12-13,15,17H,4-5,7-8,11H2,1-3H3. The van der Waals surface area contributed by atoms with Crippen LogP contribution in [-0.4, -0.2) is 36.6 Å². The van der Waals surface area contributed by atoms with E-state index < -0.39 is 0 Å². The van der Waals surface area contributed by atoms with Crippen molar-refractivity contribution in [3.8, 4) is 0 Å². The lowest BCUT2D eigenvalue weighted by atomic mass is 10.1. The van der Waals surface area contributed by atoms with Crippen molar-refractivity contribution < 1.29 is 9.53 Å². The second kappa shape index (κ2) is 7.92. The van der Waals surface area contributed by atoms with E-state index in [1.165, 1.54) is 4.88 Å². The third kappa shape index (κ3) is 3.65. The van der Waals surface area contributed by atoms with Crippen molar-refractivity contribution in [1.82, 2.24) is 10.2 Å². The second-order valence-corrected chi connectivity index (χ2v) is 6.55. The molecule has 2 rings (SSSR count). The van der Waals surface area contributed by atoms with E-state index in [1.54, 1.807) is 18.4 Å². The maximum absolute atomic E-state index is 12.8. The van der Waals surface area contributed by atoms with Crippen molar-refractivity contribution >= 4 is 17.2 Å². The first-order chi connectivity index (χ1) is 10.2. The van der Waals surface area contributed by atoms with Gasteiger partial charge in [0.25, 0.3) is 0 Å². The Bertz CT molecular complexity index is 429. The van der Waals surface area contributed by atoms with E-state index in [-0.39, 0.29) is 24.2 Å². The molecule has 0 spiro atoms. The number of hydrogen-bond donors (Lipinski definition) is 1. The van der Waals surface area contributed by atoms with Crippen LogP contribution in [0.3, 0.4) is 0 Å². The first kappa shape index (κ1) is 16.5. The highest BCUT2D eigenvalue weighted by atomic mass is 32.1. The summed E-state index contributed by atoms with van der Waals surface area (Å²) in [5, 5.41) is 5.59. The molecule has 1 aromatic heterocycles. The van der Waals surface area contributed by atoms with Gasteiger partial charge in [-0.05, 0) is 24.3 Å². The van der Waals surface area contributed by atoms with Crippen molar-refractivity contribution in [2.75, 3.05) is 13.7 Å². The van der Waals surface area contributed by atoms with Crippen molar-refractivity contribution in [2.45, 2.75) is 57.8 Å². The maximum Gasteiger partial charge on any atom is 0.241 e. The summed E-state index contributed by atoms with van der Waals surface area (Å²) in [7, 11) is 1.71. The predicted molar refractivity (Wildman–Crippen MR) is 86.3 cm³/mol. The fraction of sp³-hybridized carbons (Fsp3) is 0.688. The summed E-state index contributed by atoms with van der Waals surface area (Å²) in [5.74, 6) is 0.228. The number of nitrogens with one attached hydrogen (secondary N) is 1. The highest BCUT2D eigenvalue weighted by Crippen LogP contribution is 2.32. The molecule has 0 bridgehead atoms. The van der Waals surface area contributed by atoms with E-state index in [9.17, 15) is 4.79 Å². The van der Waals surface area contributed by atoms with Crippen LogP contribution in [0.15, 0.2) is 17.5 Å². The van der Waals surface area contributed by atoms with E-state index in [1.807, 2.05) is 11.0 Å². The minimum atomic E-state index is -0.0571. The lowest BCUT2D eigenvalue weighted by molar-refractivity contribution is -0.133. The van der Waals surface area contributed by atoms with Crippen LogP contribution in [0.1, 0.15) is 50.6 Å². The van der Waals surface area contributed by atoms with E-state index in [0.29, 0.717) is 6.61 Å². The Balaban J connectivity index is 2.25. The quantitative estimate of drug-likeness (QED) is 0.802. The number of amides is 1. The highest BCUT2D eigenvalue weighted by Gasteiger charge is 2.42. The van der Waals surface area contributed by atoms with E-state index in [4.69, 9.17) is 4.74 Å². The molecule has 1 aromatic rings. The van der Waals surface area contributed by atoms with E-state index >= 15 is 0 Å². The van der Waals surface area contributed by atoms with Gasteiger partial charge in [-0.3, -0.25) is 10.1 Å². The zero-order valence-corrected chi connectivity index (χ0v) is 14.0. The summed E-state index contributed by atoms with van der Waals surface area (Å²) in [6.45, 7) is 4.87. The van der Waals surface area contributed by atoms with Crippen LogP contribution < -0.4 is 5.32 Å². The number of nitrogens with zero attached hydrogens (tertiary/aromatic N) is 1. The Morgan fingerprint density at radius 1 is 1.43 bits per heavy atom. The Morgan fingerprint density at radius 3 is 2.81 bits per heavy atom. The third-order valence-corrected chi connectivity index (χ3v) is 4.88. The predicted octanol–water partition coefficient (Wildman–Crippen LogP) is 3.16. The number of methoxy groups -OCH3 is 1. The van der Waals surface area contributed by atoms with Gasteiger partial charge in [0.1, 0.15) is 6.17 Å². The summed E-state index contributed by atoms with van der Waals surface area (Å²) in [5.41, 5.74) is 0. The molecule has 1 aliphatic heterocycles. The molecule has 0 radical (unpaired) electrons.